The highest BCUT2D eigenvalue weighted by molar-refractivity contribution is 6.32. The van der Waals surface area contributed by atoms with Crippen LogP contribution in [0, 0.1) is 0 Å². The molecule has 2 heterocycles. The number of carbonyl (C=O) groups excluding carboxylic acids is 1. The average Bonchev–Trinajstić information content (AvgIpc) is 3.19. The van der Waals surface area contributed by atoms with E-state index in [4.69, 9.17) is 20.8 Å². The van der Waals surface area contributed by atoms with Gasteiger partial charge in [-0.1, -0.05) is 11.6 Å². The van der Waals surface area contributed by atoms with Crippen molar-refractivity contribution in [2.75, 3.05) is 26.2 Å². The number of furan rings is 1. The molecule has 116 valence electrons. The summed E-state index contributed by atoms with van der Waals surface area (Å²) in [7, 11) is 0. The molecule has 0 radical (unpaired) electrons. The van der Waals surface area contributed by atoms with Crippen LogP contribution in [0.15, 0.2) is 34.7 Å². The molecule has 3 rings (SSSR count). The zero-order valence-electron chi connectivity index (χ0n) is 12.3. The Bertz CT molecular complexity index is 647. The van der Waals surface area contributed by atoms with Gasteiger partial charge in [-0.3, -0.25) is 9.69 Å². The maximum atomic E-state index is 10.7. The molecule has 0 unspecified atom stereocenters. The molecule has 4 nitrogen and oxygen atoms in total. The molecule has 22 heavy (non-hydrogen) atoms. The van der Waals surface area contributed by atoms with Gasteiger partial charge in [-0.25, -0.2) is 0 Å². The predicted molar refractivity (Wildman–Crippen MR) is 85.7 cm³/mol. The van der Waals surface area contributed by atoms with Gasteiger partial charge in [-0.05, 0) is 56.3 Å². The number of benzene rings is 1. The maximum Gasteiger partial charge on any atom is 0.185 e. The van der Waals surface area contributed by atoms with Crippen molar-refractivity contribution in [2.45, 2.75) is 12.8 Å². The van der Waals surface area contributed by atoms with Crippen molar-refractivity contribution < 1.29 is 13.9 Å². The van der Waals surface area contributed by atoms with Crippen molar-refractivity contribution in [2.24, 2.45) is 0 Å². The van der Waals surface area contributed by atoms with E-state index in [0.29, 0.717) is 35.2 Å². The molecule has 0 amide bonds. The van der Waals surface area contributed by atoms with Gasteiger partial charge in [0.15, 0.2) is 12.0 Å². The highest BCUT2D eigenvalue weighted by atomic mass is 35.5. The summed E-state index contributed by atoms with van der Waals surface area (Å²) in [6, 6.07) is 8.90. The average molecular weight is 320 g/mol. The summed E-state index contributed by atoms with van der Waals surface area (Å²) in [6.45, 7) is 3.88. The SMILES string of the molecule is O=Cc1ccc(-c2ccc(OCCN3CCCC3)c(Cl)c2)o1. The van der Waals surface area contributed by atoms with Crippen molar-refractivity contribution in [1.29, 1.82) is 0 Å². The van der Waals surface area contributed by atoms with Gasteiger partial charge in [0.25, 0.3) is 0 Å². The number of hydrogen-bond acceptors (Lipinski definition) is 4. The lowest BCUT2D eigenvalue weighted by Gasteiger charge is -2.15. The van der Waals surface area contributed by atoms with E-state index in [1.165, 1.54) is 12.8 Å². The summed E-state index contributed by atoms with van der Waals surface area (Å²) >= 11 is 6.27. The first-order valence-electron chi connectivity index (χ1n) is 7.46. The Morgan fingerprint density at radius 3 is 2.73 bits per heavy atom. The van der Waals surface area contributed by atoms with Gasteiger partial charge in [0.1, 0.15) is 18.1 Å². The van der Waals surface area contributed by atoms with Crippen molar-refractivity contribution in [1.82, 2.24) is 4.90 Å². The minimum atomic E-state index is 0.303. The molecule has 2 aromatic rings. The van der Waals surface area contributed by atoms with Crippen LogP contribution in [0.5, 0.6) is 5.75 Å². The van der Waals surface area contributed by atoms with E-state index in [1.54, 1.807) is 18.2 Å². The van der Waals surface area contributed by atoms with E-state index in [9.17, 15) is 4.79 Å². The molecule has 0 atom stereocenters. The van der Waals surface area contributed by atoms with Gasteiger partial charge in [0.05, 0.1) is 5.02 Å². The number of hydrogen-bond donors (Lipinski definition) is 0. The fourth-order valence-electron chi connectivity index (χ4n) is 2.63. The zero-order valence-corrected chi connectivity index (χ0v) is 13.0. The maximum absolute atomic E-state index is 10.7. The molecule has 0 bridgehead atoms. The minimum Gasteiger partial charge on any atom is -0.491 e. The van der Waals surface area contributed by atoms with Crippen LogP contribution in [-0.2, 0) is 0 Å². The van der Waals surface area contributed by atoms with Crippen molar-refractivity contribution in [3.63, 3.8) is 0 Å². The lowest BCUT2D eigenvalue weighted by molar-refractivity contribution is 0.110. The molecule has 5 heteroatoms. The second-order valence-corrected chi connectivity index (χ2v) is 5.77. The number of carbonyl (C=O) groups is 1. The van der Waals surface area contributed by atoms with E-state index in [2.05, 4.69) is 4.90 Å². The lowest BCUT2D eigenvalue weighted by Crippen LogP contribution is -2.25. The third-order valence-corrected chi connectivity index (χ3v) is 4.12. The second-order valence-electron chi connectivity index (χ2n) is 5.36. The van der Waals surface area contributed by atoms with E-state index in [0.717, 1.165) is 25.2 Å². The second kappa shape index (κ2) is 6.99. The molecule has 1 aromatic heterocycles. The molecule has 1 aromatic carbocycles. The van der Waals surface area contributed by atoms with Crippen LogP contribution in [-0.4, -0.2) is 37.4 Å². The number of halogens is 1. The summed E-state index contributed by atoms with van der Waals surface area (Å²) in [5.41, 5.74) is 0.824. The van der Waals surface area contributed by atoms with Gasteiger partial charge < -0.3 is 9.15 Å². The Morgan fingerprint density at radius 2 is 2.05 bits per heavy atom. The molecule has 0 aliphatic carbocycles. The third kappa shape index (κ3) is 3.51. The van der Waals surface area contributed by atoms with Crippen molar-refractivity contribution in [3.8, 4) is 17.1 Å². The minimum absolute atomic E-state index is 0.303. The van der Waals surface area contributed by atoms with E-state index < -0.39 is 0 Å². The molecule has 0 spiro atoms. The van der Waals surface area contributed by atoms with Gasteiger partial charge in [0, 0.05) is 12.1 Å². The Kier molecular flexibility index (Phi) is 4.80. The normalized spacial score (nSPS) is 15.1. The van der Waals surface area contributed by atoms with E-state index >= 15 is 0 Å². The molecule has 1 fully saturated rings. The highest BCUT2D eigenvalue weighted by Gasteiger charge is 2.12. The first-order chi connectivity index (χ1) is 10.8. The Balaban J connectivity index is 1.62. The molecule has 1 saturated heterocycles. The molecular weight excluding hydrogens is 302 g/mol. The number of rotatable bonds is 6. The molecule has 1 aliphatic rings. The Morgan fingerprint density at radius 1 is 1.23 bits per heavy atom. The van der Waals surface area contributed by atoms with Gasteiger partial charge in [0.2, 0.25) is 0 Å². The summed E-state index contributed by atoms with van der Waals surface area (Å²) in [5.74, 6) is 1.59. The van der Waals surface area contributed by atoms with Crippen molar-refractivity contribution >= 4 is 17.9 Å². The van der Waals surface area contributed by atoms with Crippen LogP contribution in [0.4, 0.5) is 0 Å². The van der Waals surface area contributed by atoms with Crippen LogP contribution in [0.1, 0.15) is 23.4 Å². The topological polar surface area (TPSA) is 42.7 Å². The molecular formula is C17H18ClNO3. The first-order valence-corrected chi connectivity index (χ1v) is 7.84. The van der Waals surface area contributed by atoms with Crippen LogP contribution in [0.25, 0.3) is 11.3 Å². The predicted octanol–water partition coefficient (Wildman–Crippen LogP) is 3.89. The van der Waals surface area contributed by atoms with E-state index in [-0.39, 0.29) is 0 Å². The largest absolute Gasteiger partial charge is 0.491 e. The zero-order chi connectivity index (χ0) is 15.4. The van der Waals surface area contributed by atoms with E-state index in [1.807, 2.05) is 12.1 Å². The Labute approximate surface area is 134 Å². The Hall–Kier alpha value is -1.78. The molecule has 0 saturated carbocycles. The number of nitrogens with zero attached hydrogens (tertiary/aromatic N) is 1. The number of ether oxygens (including phenoxy) is 1. The first kappa shape index (κ1) is 15.1. The number of aldehydes is 1. The fraction of sp³-hybridized carbons (Fsp3) is 0.353. The summed E-state index contributed by atoms with van der Waals surface area (Å²) < 4.78 is 11.1. The van der Waals surface area contributed by atoms with Gasteiger partial charge >= 0.3 is 0 Å². The molecule has 1 aliphatic heterocycles. The van der Waals surface area contributed by atoms with Gasteiger partial charge in [-0.15, -0.1) is 0 Å². The van der Waals surface area contributed by atoms with Crippen LogP contribution in [0.2, 0.25) is 5.02 Å². The quantitative estimate of drug-likeness (QED) is 0.758. The fourth-order valence-corrected chi connectivity index (χ4v) is 2.87. The van der Waals surface area contributed by atoms with Crippen LogP contribution in [0.3, 0.4) is 0 Å². The monoisotopic (exact) mass is 319 g/mol. The van der Waals surface area contributed by atoms with Crippen LogP contribution >= 0.6 is 11.6 Å². The lowest BCUT2D eigenvalue weighted by atomic mass is 10.1. The van der Waals surface area contributed by atoms with Crippen molar-refractivity contribution in [3.05, 3.63) is 41.1 Å². The summed E-state index contributed by atoms with van der Waals surface area (Å²) in [5, 5.41) is 0.544. The molecule has 0 N–H and O–H groups in total. The summed E-state index contributed by atoms with van der Waals surface area (Å²) in [4.78, 5) is 13.1. The number of likely N-dealkylation sites (tertiary alicyclic amines) is 1. The standard InChI is InChI=1S/C17H18ClNO3/c18-15-11-13(16-6-4-14(12-20)22-16)3-5-17(15)21-10-9-19-7-1-2-8-19/h3-6,11-12H,1-2,7-10H2. The van der Waals surface area contributed by atoms with Crippen LogP contribution < -0.4 is 4.74 Å². The van der Waals surface area contributed by atoms with Gasteiger partial charge in [-0.2, -0.15) is 0 Å². The third-order valence-electron chi connectivity index (χ3n) is 3.82. The summed E-state index contributed by atoms with van der Waals surface area (Å²) in [6.07, 6.45) is 3.24. The highest BCUT2D eigenvalue weighted by Crippen LogP contribution is 2.31. The smallest absolute Gasteiger partial charge is 0.185 e.